The minimum absolute atomic E-state index is 0.136. The summed E-state index contributed by atoms with van der Waals surface area (Å²) < 4.78 is 0. The molecule has 0 aliphatic carbocycles. The average molecular weight is 510 g/mol. The fourth-order valence-electron chi connectivity index (χ4n) is 4.32. The molecule has 4 rings (SSSR count). The van der Waals surface area contributed by atoms with Crippen molar-refractivity contribution >= 4 is 44.8 Å². The van der Waals surface area contributed by atoms with Gasteiger partial charge in [0.2, 0.25) is 11.8 Å². The van der Waals surface area contributed by atoms with Gasteiger partial charge in [-0.1, -0.05) is 53.8 Å². The van der Waals surface area contributed by atoms with Crippen molar-refractivity contribution in [2.45, 2.75) is 24.8 Å². The maximum absolute atomic E-state index is 13.1. The van der Waals surface area contributed by atoms with Crippen molar-refractivity contribution in [2.24, 2.45) is 0 Å². The van der Waals surface area contributed by atoms with Crippen LogP contribution in [-0.4, -0.2) is 54.4 Å². The minimum Gasteiger partial charge on any atom is -0.354 e. The van der Waals surface area contributed by atoms with Crippen LogP contribution in [0, 0.1) is 10.1 Å². The Morgan fingerprint density at radius 3 is 2.44 bits per heavy atom. The molecule has 36 heavy (non-hydrogen) atoms. The van der Waals surface area contributed by atoms with Crippen LogP contribution in [0.25, 0.3) is 10.8 Å². The molecule has 10 nitrogen and oxygen atoms in total. The number of hydrogen-bond donors (Lipinski definition) is 4. The summed E-state index contributed by atoms with van der Waals surface area (Å²) in [7, 11) is 0. The minimum atomic E-state index is -1.13. The van der Waals surface area contributed by atoms with Gasteiger partial charge in [0.05, 0.1) is 16.2 Å². The molecular formula is C25H27N5O5S. The second kappa shape index (κ2) is 11.3. The summed E-state index contributed by atoms with van der Waals surface area (Å²) >= 11 is 0.768. The molecule has 0 spiro atoms. The standard InChI is InChI=1S/C25H27N5O5S/c31-21(16-18-6-3-5-17-4-1-2-7-19(17)18)27-14-15-28-24(33)25(10-12-26-13-11-25)29-23(32)20-8-9-22(36-20)30(34)35/h1-9,26H,10-16H2,(H,27,31)(H,28,33)(H,29,32). The number of nitro groups is 1. The van der Waals surface area contributed by atoms with Crippen LogP contribution in [0.4, 0.5) is 5.00 Å². The number of rotatable bonds is 9. The Hall–Kier alpha value is -3.83. The van der Waals surface area contributed by atoms with Crippen molar-refractivity contribution in [2.75, 3.05) is 26.2 Å². The Bertz CT molecular complexity index is 1280. The van der Waals surface area contributed by atoms with E-state index in [1.165, 1.54) is 12.1 Å². The summed E-state index contributed by atoms with van der Waals surface area (Å²) in [4.78, 5) is 48.9. The Morgan fingerprint density at radius 1 is 0.972 bits per heavy atom. The predicted molar refractivity (Wildman–Crippen MR) is 137 cm³/mol. The highest BCUT2D eigenvalue weighted by molar-refractivity contribution is 7.17. The molecule has 1 saturated heterocycles. The van der Waals surface area contributed by atoms with Gasteiger partial charge in [0.1, 0.15) is 5.54 Å². The van der Waals surface area contributed by atoms with Gasteiger partial charge in [-0.15, -0.1) is 0 Å². The lowest BCUT2D eigenvalue weighted by Crippen LogP contribution is -2.63. The van der Waals surface area contributed by atoms with Crippen LogP contribution < -0.4 is 21.3 Å². The number of carbonyl (C=O) groups excluding carboxylic acids is 3. The molecule has 2 heterocycles. The van der Waals surface area contributed by atoms with E-state index in [2.05, 4.69) is 21.3 Å². The third-order valence-corrected chi connectivity index (χ3v) is 7.24. The van der Waals surface area contributed by atoms with Gasteiger partial charge in [-0.3, -0.25) is 24.5 Å². The van der Waals surface area contributed by atoms with Gasteiger partial charge in [0.25, 0.3) is 5.91 Å². The van der Waals surface area contributed by atoms with Gasteiger partial charge < -0.3 is 21.3 Å². The Kier molecular flexibility index (Phi) is 7.91. The molecule has 1 aliphatic heterocycles. The largest absolute Gasteiger partial charge is 0.354 e. The van der Waals surface area contributed by atoms with E-state index in [-0.39, 0.29) is 41.2 Å². The number of amides is 3. The van der Waals surface area contributed by atoms with Crippen molar-refractivity contribution in [3.63, 3.8) is 0 Å². The van der Waals surface area contributed by atoms with E-state index in [9.17, 15) is 24.5 Å². The van der Waals surface area contributed by atoms with Gasteiger partial charge in [-0.25, -0.2) is 0 Å². The number of benzene rings is 2. The zero-order valence-corrected chi connectivity index (χ0v) is 20.4. The maximum atomic E-state index is 13.1. The van der Waals surface area contributed by atoms with Gasteiger partial charge in [-0.2, -0.15) is 0 Å². The van der Waals surface area contributed by atoms with Gasteiger partial charge in [0, 0.05) is 19.2 Å². The topological polar surface area (TPSA) is 142 Å². The first-order valence-electron chi connectivity index (χ1n) is 11.7. The van der Waals surface area contributed by atoms with Crippen LogP contribution in [0.2, 0.25) is 0 Å². The van der Waals surface area contributed by atoms with E-state index in [1.807, 2.05) is 42.5 Å². The fourth-order valence-corrected chi connectivity index (χ4v) is 5.03. The normalized spacial score (nSPS) is 14.7. The molecule has 4 N–H and O–H groups in total. The molecule has 0 unspecified atom stereocenters. The highest BCUT2D eigenvalue weighted by Gasteiger charge is 2.41. The second-order valence-corrected chi connectivity index (χ2v) is 9.66. The molecule has 0 radical (unpaired) electrons. The first-order valence-corrected chi connectivity index (χ1v) is 12.5. The van der Waals surface area contributed by atoms with Crippen molar-refractivity contribution in [1.82, 2.24) is 21.3 Å². The third kappa shape index (κ3) is 5.86. The second-order valence-electron chi connectivity index (χ2n) is 8.60. The van der Waals surface area contributed by atoms with Gasteiger partial charge in [-0.05, 0) is 48.3 Å². The summed E-state index contributed by atoms with van der Waals surface area (Å²) in [6.45, 7) is 1.53. The first kappa shape index (κ1) is 25.3. The van der Waals surface area contributed by atoms with Crippen LogP contribution in [0.15, 0.2) is 54.6 Å². The molecule has 3 aromatic rings. The van der Waals surface area contributed by atoms with E-state index < -0.39 is 16.4 Å². The Labute approximate surface area is 211 Å². The lowest BCUT2D eigenvalue weighted by Gasteiger charge is -2.36. The molecule has 1 aromatic heterocycles. The van der Waals surface area contributed by atoms with Crippen LogP contribution in [0.5, 0.6) is 0 Å². The third-order valence-electron chi connectivity index (χ3n) is 6.20. The van der Waals surface area contributed by atoms with E-state index >= 15 is 0 Å². The number of fused-ring (bicyclic) bond motifs is 1. The average Bonchev–Trinajstić information content (AvgIpc) is 3.38. The van der Waals surface area contributed by atoms with E-state index in [0.717, 1.165) is 27.7 Å². The zero-order chi connectivity index (χ0) is 25.5. The first-order chi connectivity index (χ1) is 17.4. The Morgan fingerprint density at radius 2 is 1.69 bits per heavy atom. The van der Waals surface area contributed by atoms with Gasteiger partial charge >= 0.3 is 5.00 Å². The monoisotopic (exact) mass is 509 g/mol. The number of piperidine rings is 1. The number of nitrogens with zero attached hydrogens (tertiary/aromatic N) is 1. The molecule has 2 aromatic carbocycles. The predicted octanol–water partition coefficient (Wildman–Crippen LogP) is 2.14. The van der Waals surface area contributed by atoms with Crippen molar-refractivity contribution in [3.05, 3.63) is 75.2 Å². The molecule has 0 atom stereocenters. The van der Waals surface area contributed by atoms with Crippen molar-refractivity contribution in [3.8, 4) is 0 Å². The van der Waals surface area contributed by atoms with Crippen LogP contribution in [0.1, 0.15) is 28.1 Å². The summed E-state index contributed by atoms with van der Waals surface area (Å²) in [5, 5.41) is 24.5. The van der Waals surface area contributed by atoms with E-state index in [4.69, 9.17) is 0 Å². The number of nitrogens with one attached hydrogen (secondary N) is 4. The quantitative estimate of drug-likeness (QED) is 0.198. The van der Waals surface area contributed by atoms with Crippen LogP contribution >= 0.6 is 11.3 Å². The molecule has 1 aliphatic rings. The number of carbonyl (C=O) groups is 3. The lowest BCUT2D eigenvalue weighted by atomic mass is 9.87. The van der Waals surface area contributed by atoms with Crippen LogP contribution in [0.3, 0.4) is 0 Å². The van der Waals surface area contributed by atoms with Gasteiger partial charge in [0.15, 0.2) is 0 Å². The molecule has 11 heteroatoms. The zero-order valence-electron chi connectivity index (χ0n) is 19.5. The molecular weight excluding hydrogens is 482 g/mol. The van der Waals surface area contributed by atoms with E-state index in [1.54, 1.807) is 0 Å². The lowest BCUT2D eigenvalue weighted by molar-refractivity contribution is -0.380. The molecule has 0 saturated carbocycles. The molecule has 0 bridgehead atoms. The van der Waals surface area contributed by atoms with E-state index in [0.29, 0.717) is 25.9 Å². The SMILES string of the molecule is O=C(Cc1cccc2ccccc12)NCCNC(=O)C1(NC(=O)c2ccc([N+](=O)[O-])s2)CCNCC1. The summed E-state index contributed by atoms with van der Waals surface area (Å²) in [6.07, 6.45) is 0.991. The molecule has 188 valence electrons. The Balaban J connectivity index is 1.31. The highest BCUT2D eigenvalue weighted by atomic mass is 32.1. The summed E-state index contributed by atoms with van der Waals surface area (Å²) in [5.41, 5.74) is -0.200. The smallest absolute Gasteiger partial charge is 0.324 e. The highest BCUT2D eigenvalue weighted by Crippen LogP contribution is 2.26. The number of thiophene rings is 1. The van der Waals surface area contributed by atoms with Crippen molar-refractivity contribution in [1.29, 1.82) is 0 Å². The van der Waals surface area contributed by atoms with Crippen molar-refractivity contribution < 1.29 is 19.3 Å². The van der Waals surface area contributed by atoms with Crippen LogP contribution in [-0.2, 0) is 16.0 Å². The summed E-state index contributed by atoms with van der Waals surface area (Å²) in [6, 6.07) is 16.4. The summed E-state index contributed by atoms with van der Waals surface area (Å²) in [5.74, 6) is -1.01. The number of hydrogen-bond acceptors (Lipinski definition) is 7. The fraction of sp³-hybridized carbons (Fsp3) is 0.320. The molecule has 3 amide bonds. The maximum Gasteiger partial charge on any atom is 0.324 e. The molecule has 1 fully saturated rings.